The second-order valence-corrected chi connectivity index (χ2v) is 5.38. The minimum Gasteiger partial charge on any atom is -0.487 e. The van der Waals surface area contributed by atoms with E-state index in [4.69, 9.17) is 15.2 Å². The van der Waals surface area contributed by atoms with E-state index >= 15 is 0 Å². The number of halogens is 1. The first-order valence-corrected chi connectivity index (χ1v) is 6.80. The minimum atomic E-state index is -0.855. The van der Waals surface area contributed by atoms with Crippen LogP contribution < -0.4 is 10.5 Å². The molecule has 1 aromatic carbocycles. The molecule has 0 fully saturated rings. The van der Waals surface area contributed by atoms with Crippen LogP contribution in [0.4, 0.5) is 4.39 Å². The summed E-state index contributed by atoms with van der Waals surface area (Å²) in [5.74, 6) is -0.363. The molecule has 21 heavy (non-hydrogen) atoms. The lowest BCUT2D eigenvalue weighted by atomic mass is 9.98. The summed E-state index contributed by atoms with van der Waals surface area (Å²) in [6, 6.07) is 1.27. The maximum Gasteiger partial charge on any atom is 0.166 e. The topological polar surface area (TPSA) is 82.5 Å². The number of methoxy groups -OCH3 is 1. The van der Waals surface area contributed by atoms with Crippen molar-refractivity contribution in [2.24, 2.45) is 5.73 Å². The average Bonchev–Trinajstić information content (AvgIpc) is 2.80. The molecular formula is C14H18FN3O3. The van der Waals surface area contributed by atoms with E-state index < -0.39 is 18.0 Å². The van der Waals surface area contributed by atoms with E-state index in [0.29, 0.717) is 23.0 Å². The van der Waals surface area contributed by atoms with Crippen molar-refractivity contribution in [3.8, 4) is 5.75 Å². The first-order valence-electron chi connectivity index (χ1n) is 6.80. The van der Waals surface area contributed by atoms with Gasteiger partial charge in [0.2, 0.25) is 0 Å². The van der Waals surface area contributed by atoms with Gasteiger partial charge in [-0.3, -0.25) is 4.68 Å². The second kappa shape index (κ2) is 5.25. The number of fused-ring (bicyclic) bond motifs is 3. The zero-order valence-corrected chi connectivity index (χ0v) is 11.9. The van der Waals surface area contributed by atoms with Gasteiger partial charge in [0.05, 0.1) is 23.8 Å². The number of benzene rings is 1. The third-order valence-corrected chi connectivity index (χ3v) is 3.61. The Labute approximate surface area is 121 Å². The minimum absolute atomic E-state index is 0.00460. The normalized spacial score (nSPS) is 22.9. The lowest BCUT2D eigenvalue weighted by Gasteiger charge is -2.30. The molecule has 2 aromatic rings. The van der Waals surface area contributed by atoms with Crippen LogP contribution in [0, 0.1) is 5.82 Å². The van der Waals surface area contributed by atoms with Crippen molar-refractivity contribution in [2.75, 3.05) is 13.7 Å². The van der Waals surface area contributed by atoms with E-state index in [-0.39, 0.29) is 18.4 Å². The van der Waals surface area contributed by atoms with Crippen LogP contribution in [0.25, 0.3) is 10.9 Å². The van der Waals surface area contributed by atoms with Crippen LogP contribution in [0.3, 0.4) is 0 Å². The summed E-state index contributed by atoms with van der Waals surface area (Å²) < 4.78 is 26.6. The standard InChI is InChI=1S/C14H18FN3O3/c1-7(16)5-18-12-8(4-17-18)3-9(15)13-11(12)14(20-2)10(19)6-21-13/h3-4,7,10,14,19H,5-6,16H2,1-2H3/t7-,10?,14?/m0/s1. The average molecular weight is 295 g/mol. The van der Waals surface area contributed by atoms with E-state index in [1.807, 2.05) is 6.92 Å². The molecule has 3 atom stereocenters. The van der Waals surface area contributed by atoms with Crippen LogP contribution in [0.2, 0.25) is 0 Å². The third kappa shape index (κ3) is 2.27. The molecule has 6 nitrogen and oxygen atoms in total. The van der Waals surface area contributed by atoms with E-state index in [0.717, 1.165) is 0 Å². The van der Waals surface area contributed by atoms with Gasteiger partial charge in [-0.25, -0.2) is 4.39 Å². The predicted octanol–water partition coefficient (Wildman–Crippen LogP) is 0.963. The fourth-order valence-electron chi connectivity index (χ4n) is 2.78. The van der Waals surface area contributed by atoms with Gasteiger partial charge in [-0.05, 0) is 13.0 Å². The molecule has 3 rings (SSSR count). The van der Waals surface area contributed by atoms with Gasteiger partial charge in [0.15, 0.2) is 11.6 Å². The maximum atomic E-state index is 14.2. The quantitative estimate of drug-likeness (QED) is 0.881. The van der Waals surface area contributed by atoms with Crippen molar-refractivity contribution >= 4 is 10.9 Å². The molecule has 0 amide bonds. The monoisotopic (exact) mass is 295 g/mol. The Morgan fingerprint density at radius 3 is 3.10 bits per heavy atom. The van der Waals surface area contributed by atoms with Crippen LogP contribution >= 0.6 is 0 Å². The lowest BCUT2D eigenvalue weighted by Crippen LogP contribution is -2.33. The summed E-state index contributed by atoms with van der Waals surface area (Å²) in [6.45, 7) is 2.34. The van der Waals surface area contributed by atoms with Crippen molar-refractivity contribution in [3.05, 3.63) is 23.6 Å². The highest BCUT2D eigenvalue weighted by Gasteiger charge is 2.35. The second-order valence-electron chi connectivity index (χ2n) is 5.38. The van der Waals surface area contributed by atoms with Crippen molar-refractivity contribution < 1.29 is 19.0 Å². The van der Waals surface area contributed by atoms with Gasteiger partial charge in [-0.1, -0.05) is 0 Å². The van der Waals surface area contributed by atoms with Crippen LogP contribution in [-0.4, -0.2) is 40.7 Å². The van der Waals surface area contributed by atoms with Crippen molar-refractivity contribution in [2.45, 2.75) is 31.7 Å². The molecule has 0 spiro atoms. The number of ether oxygens (including phenoxy) is 2. The third-order valence-electron chi connectivity index (χ3n) is 3.61. The maximum absolute atomic E-state index is 14.2. The predicted molar refractivity (Wildman–Crippen MR) is 74.6 cm³/mol. The van der Waals surface area contributed by atoms with Gasteiger partial charge in [0.25, 0.3) is 0 Å². The number of hydrogen-bond donors (Lipinski definition) is 2. The molecule has 0 saturated carbocycles. The van der Waals surface area contributed by atoms with Crippen LogP contribution in [0.5, 0.6) is 5.75 Å². The number of hydrogen-bond acceptors (Lipinski definition) is 5. The summed E-state index contributed by atoms with van der Waals surface area (Å²) >= 11 is 0. The molecule has 0 bridgehead atoms. The molecule has 2 unspecified atom stereocenters. The van der Waals surface area contributed by atoms with E-state index in [2.05, 4.69) is 5.10 Å². The molecule has 0 radical (unpaired) electrons. The smallest absolute Gasteiger partial charge is 0.166 e. The van der Waals surface area contributed by atoms with Crippen LogP contribution in [-0.2, 0) is 11.3 Å². The van der Waals surface area contributed by atoms with Gasteiger partial charge in [-0.15, -0.1) is 0 Å². The Hall–Kier alpha value is -1.70. The molecular weight excluding hydrogens is 277 g/mol. The van der Waals surface area contributed by atoms with Crippen LogP contribution in [0.15, 0.2) is 12.3 Å². The Balaban J connectivity index is 2.27. The highest BCUT2D eigenvalue weighted by Crippen LogP contribution is 2.41. The fourth-order valence-corrected chi connectivity index (χ4v) is 2.78. The molecule has 3 N–H and O–H groups in total. The Bertz CT molecular complexity index is 671. The first kappa shape index (κ1) is 14.2. The van der Waals surface area contributed by atoms with E-state index in [1.54, 1.807) is 10.9 Å². The number of nitrogens with two attached hydrogens (primary N) is 1. The number of aromatic nitrogens is 2. The summed E-state index contributed by atoms with van der Waals surface area (Å²) in [6.07, 6.45) is 0.0658. The van der Waals surface area contributed by atoms with Gasteiger partial charge >= 0.3 is 0 Å². The van der Waals surface area contributed by atoms with Gasteiger partial charge in [0, 0.05) is 18.5 Å². The summed E-state index contributed by atoms with van der Waals surface area (Å²) in [5.41, 5.74) is 7.01. The SMILES string of the molecule is COC1c2c(c(F)cc3cnn(C[C@H](C)N)c23)OCC1O. The summed E-state index contributed by atoms with van der Waals surface area (Å²) in [7, 11) is 1.48. The van der Waals surface area contributed by atoms with Crippen LogP contribution in [0.1, 0.15) is 18.6 Å². The van der Waals surface area contributed by atoms with E-state index in [1.165, 1.54) is 13.2 Å². The number of nitrogens with zero attached hydrogens (tertiary/aromatic N) is 2. The fraction of sp³-hybridized carbons (Fsp3) is 0.500. The highest BCUT2D eigenvalue weighted by molar-refractivity contribution is 5.85. The molecule has 114 valence electrons. The number of aliphatic hydroxyl groups is 1. The van der Waals surface area contributed by atoms with Crippen molar-refractivity contribution in [3.63, 3.8) is 0 Å². The number of aliphatic hydroxyl groups excluding tert-OH is 1. The van der Waals surface area contributed by atoms with Crippen molar-refractivity contribution in [1.29, 1.82) is 0 Å². The summed E-state index contributed by atoms with van der Waals surface area (Å²) in [4.78, 5) is 0. The lowest BCUT2D eigenvalue weighted by molar-refractivity contribution is -0.0493. The zero-order chi connectivity index (χ0) is 15.1. The molecule has 1 aliphatic rings. The number of rotatable bonds is 3. The Morgan fingerprint density at radius 1 is 1.67 bits per heavy atom. The molecule has 1 aromatic heterocycles. The molecule has 0 aliphatic carbocycles. The zero-order valence-electron chi connectivity index (χ0n) is 11.9. The van der Waals surface area contributed by atoms with Crippen molar-refractivity contribution in [1.82, 2.24) is 9.78 Å². The molecule has 2 heterocycles. The van der Waals surface area contributed by atoms with E-state index in [9.17, 15) is 9.50 Å². The molecule has 0 saturated heterocycles. The van der Waals surface area contributed by atoms with Gasteiger partial charge < -0.3 is 20.3 Å². The Kier molecular flexibility index (Phi) is 3.56. The van der Waals surface area contributed by atoms with Gasteiger partial charge in [0.1, 0.15) is 18.8 Å². The summed E-state index contributed by atoms with van der Waals surface area (Å²) in [5, 5.41) is 14.9. The largest absolute Gasteiger partial charge is 0.487 e. The van der Waals surface area contributed by atoms with Gasteiger partial charge in [-0.2, -0.15) is 5.10 Å². The molecule has 1 aliphatic heterocycles. The first-order chi connectivity index (χ1) is 10.0. The highest BCUT2D eigenvalue weighted by atomic mass is 19.1. The Morgan fingerprint density at radius 2 is 2.43 bits per heavy atom. The molecule has 7 heteroatoms.